The molecule has 1 aliphatic rings. The number of amidine groups is 1. The molecular formula is C10H11FN2O. The van der Waals surface area contributed by atoms with E-state index in [2.05, 4.69) is 10.3 Å². The van der Waals surface area contributed by atoms with E-state index < -0.39 is 0 Å². The van der Waals surface area contributed by atoms with E-state index in [1.807, 2.05) is 6.92 Å². The highest BCUT2D eigenvalue weighted by molar-refractivity contribution is 5.89. The zero-order chi connectivity index (χ0) is 9.97. The largest absolute Gasteiger partial charge is 0.463 e. The van der Waals surface area contributed by atoms with Gasteiger partial charge in [-0.25, -0.2) is 9.38 Å². The van der Waals surface area contributed by atoms with Crippen LogP contribution in [0.3, 0.4) is 0 Å². The Bertz CT molecular complexity index is 348. The van der Waals surface area contributed by atoms with Gasteiger partial charge in [0.1, 0.15) is 12.4 Å². The number of hydrogen-bond acceptors (Lipinski definition) is 3. The second-order valence-electron chi connectivity index (χ2n) is 3.23. The van der Waals surface area contributed by atoms with Gasteiger partial charge in [0.2, 0.25) is 0 Å². The van der Waals surface area contributed by atoms with Crippen molar-refractivity contribution < 1.29 is 9.13 Å². The molecule has 74 valence electrons. The van der Waals surface area contributed by atoms with E-state index >= 15 is 0 Å². The van der Waals surface area contributed by atoms with Crippen LogP contribution in [-0.2, 0) is 4.74 Å². The second-order valence-corrected chi connectivity index (χ2v) is 3.23. The fraction of sp³-hybridized carbons (Fsp3) is 0.300. The van der Waals surface area contributed by atoms with Crippen molar-refractivity contribution in [1.82, 2.24) is 0 Å². The fourth-order valence-corrected chi connectivity index (χ4v) is 1.20. The number of halogens is 1. The molecule has 2 rings (SSSR count). The summed E-state index contributed by atoms with van der Waals surface area (Å²) in [5.74, 6) is -0.252. The highest BCUT2D eigenvalue weighted by atomic mass is 19.1. The van der Waals surface area contributed by atoms with Gasteiger partial charge in [-0.3, -0.25) is 0 Å². The lowest BCUT2D eigenvalue weighted by Gasteiger charge is -2.04. The average molecular weight is 194 g/mol. The second kappa shape index (κ2) is 3.65. The van der Waals surface area contributed by atoms with Crippen LogP contribution in [0.1, 0.15) is 6.92 Å². The van der Waals surface area contributed by atoms with E-state index in [1.54, 1.807) is 12.1 Å². The number of ether oxygens (including phenoxy) is 1. The lowest BCUT2D eigenvalue weighted by atomic mass is 10.3. The fourth-order valence-electron chi connectivity index (χ4n) is 1.20. The van der Waals surface area contributed by atoms with Gasteiger partial charge < -0.3 is 10.1 Å². The summed E-state index contributed by atoms with van der Waals surface area (Å²) >= 11 is 0. The van der Waals surface area contributed by atoms with Crippen LogP contribution in [0.25, 0.3) is 0 Å². The Morgan fingerprint density at radius 1 is 1.43 bits per heavy atom. The van der Waals surface area contributed by atoms with Gasteiger partial charge >= 0.3 is 0 Å². The lowest BCUT2D eigenvalue weighted by Crippen LogP contribution is -2.11. The van der Waals surface area contributed by atoms with Gasteiger partial charge in [-0.05, 0) is 31.2 Å². The SMILES string of the molecule is CC1COC(Nc2ccc(F)cc2)=N1. The van der Waals surface area contributed by atoms with Crippen molar-refractivity contribution in [2.75, 3.05) is 11.9 Å². The molecule has 0 saturated carbocycles. The van der Waals surface area contributed by atoms with Crippen LogP contribution < -0.4 is 5.32 Å². The Morgan fingerprint density at radius 3 is 2.71 bits per heavy atom. The lowest BCUT2D eigenvalue weighted by molar-refractivity contribution is 0.322. The van der Waals surface area contributed by atoms with Gasteiger partial charge in [0.15, 0.2) is 0 Å². The van der Waals surface area contributed by atoms with Gasteiger partial charge in [-0.1, -0.05) is 0 Å². The number of nitrogens with zero attached hydrogens (tertiary/aromatic N) is 1. The molecule has 1 N–H and O–H groups in total. The summed E-state index contributed by atoms with van der Waals surface area (Å²) in [5.41, 5.74) is 0.777. The Balaban J connectivity index is 2.04. The molecule has 0 amide bonds. The van der Waals surface area contributed by atoms with Crippen LogP contribution >= 0.6 is 0 Å². The molecule has 1 aromatic rings. The maximum atomic E-state index is 12.6. The minimum atomic E-state index is -0.252. The molecule has 0 bridgehead atoms. The summed E-state index contributed by atoms with van der Waals surface area (Å²) in [6, 6.07) is 6.76. The van der Waals surface area contributed by atoms with Gasteiger partial charge in [-0.2, -0.15) is 0 Å². The first kappa shape index (κ1) is 8.99. The van der Waals surface area contributed by atoms with Crippen molar-refractivity contribution in [2.24, 2.45) is 4.99 Å². The Hall–Kier alpha value is -1.58. The van der Waals surface area contributed by atoms with Crippen LogP contribution in [0.2, 0.25) is 0 Å². The third kappa shape index (κ3) is 2.02. The molecule has 0 aromatic heterocycles. The molecule has 1 heterocycles. The Kier molecular flexibility index (Phi) is 2.35. The summed E-state index contributed by atoms with van der Waals surface area (Å²) < 4.78 is 17.8. The molecule has 3 nitrogen and oxygen atoms in total. The van der Waals surface area contributed by atoms with Crippen molar-refractivity contribution in [3.63, 3.8) is 0 Å². The molecule has 4 heteroatoms. The molecule has 1 aliphatic heterocycles. The zero-order valence-electron chi connectivity index (χ0n) is 7.83. The average Bonchev–Trinajstić information content (AvgIpc) is 2.56. The minimum absolute atomic E-state index is 0.193. The predicted molar refractivity (Wildman–Crippen MR) is 52.9 cm³/mol. The summed E-state index contributed by atoms with van der Waals surface area (Å²) in [6.07, 6.45) is 0. The van der Waals surface area contributed by atoms with E-state index in [1.165, 1.54) is 12.1 Å². The van der Waals surface area contributed by atoms with Crippen molar-refractivity contribution in [1.29, 1.82) is 0 Å². The van der Waals surface area contributed by atoms with E-state index in [-0.39, 0.29) is 11.9 Å². The third-order valence-corrected chi connectivity index (χ3v) is 1.89. The maximum Gasteiger partial charge on any atom is 0.289 e. The van der Waals surface area contributed by atoms with Gasteiger partial charge in [0, 0.05) is 5.69 Å². The topological polar surface area (TPSA) is 33.6 Å². The normalized spacial score (nSPS) is 20.1. The number of nitrogens with one attached hydrogen (secondary N) is 1. The van der Waals surface area contributed by atoms with E-state index in [0.29, 0.717) is 12.6 Å². The summed E-state index contributed by atoms with van der Waals surface area (Å²) in [5, 5.41) is 2.96. The molecule has 1 unspecified atom stereocenters. The molecule has 0 fully saturated rings. The third-order valence-electron chi connectivity index (χ3n) is 1.89. The van der Waals surface area contributed by atoms with Crippen molar-refractivity contribution in [3.8, 4) is 0 Å². The monoisotopic (exact) mass is 194 g/mol. The Labute approximate surface area is 81.6 Å². The minimum Gasteiger partial charge on any atom is -0.463 e. The van der Waals surface area contributed by atoms with Crippen LogP contribution in [0.5, 0.6) is 0 Å². The molecule has 0 saturated heterocycles. The smallest absolute Gasteiger partial charge is 0.289 e. The van der Waals surface area contributed by atoms with E-state index in [4.69, 9.17) is 4.74 Å². The number of anilines is 1. The molecule has 1 aromatic carbocycles. The summed E-state index contributed by atoms with van der Waals surface area (Å²) in [4.78, 5) is 4.20. The van der Waals surface area contributed by atoms with Crippen molar-refractivity contribution in [3.05, 3.63) is 30.1 Å². The number of benzene rings is 1. The molecule has 1 atom stereocenters. The number of aliphatic imine (C=N–C) groups is 1. The molecular weight excluding hydrogens is 183 g/mol. The van der Waals surface area contributed by atoms with E-state index in [0.717, 1.165) is 5.69 Å². The van der Waals surface area contributed by atoms with Gasteiger partial charge in [0.25, 0.3) is 6.02 Å². The standard InChI is InChI=1S/C10H11FN2O/c1-7-6-14-10(12-7)13-9-4-2-8(11)3-5-9/h2-5,7H,6H2,1H3,(H,12,13). The maximum absolute atomic E-state index is 12.6. The molecule has 0 spiro atoms. The van der Waals surface area contributed by atoms with Crippen LogP contribution in [0.15, 0.2) is 29.3 Å². The van der Waals surface area contributed by atoms with Crippen molar-refractivity contribution in [2.45, 2.75) is 13.0 Å². The predicted octanol–water partition coefficient (Wildman–Crippen LogP) is 2.01. The summed E-state index contributed by atoms with van der Waals surface area (Å²) in [6.45, 7) is 2.57. The quantitative estimate of drug-likeness (QED) is 0.742. The van der Waals surface area contributed by atoms with E-state index in [9.17, 15) is 4.39 Å². The highest BCUT2D eigenvalue weighted by Crippen LogP contribution is 2.11. The van der Waals surface area contributed by atoms with Crippen molar-refractivity contribution >= 4 is 11.7 Å². The number of hydrogen-bond donors (Lipinski definition) is 1. The molecule has 14 heavy (non-hydrogen) atoms. The van der Waals surface area contributed by atoms with Crippen LogP contribution in [-0.4, -0.2) is 18.7 Å². The number of rotatable bonds is 1. The van der Waals surface area contributed by atoms with Gasteiger partial charge in [0.05, 0.1) is 6.04 Å². The first-order valence-corrected chi connectivity index (χ1v) is 4.47. The summed E-state index contributed by atoms with van der Waals surface area (Å²) in [7, 11) is 0. The highest BCUT2D eigenvalue weighted by Gasteiger charge is 2.13. The first-order chi connectivity index (χ1) is 6.74. The molecule has 0 aliphatic carbocycles. The van der Waals surface area contributed by atoms with Crippen LogP contribution in [0.4, 0.5) is 10.1 Å². The van der Waals surface area contributed by atoms with Gasteiger partial charge in [-0.15, -0.1) is 0 Å². The Morgan fingerprint density at radius 2 is 2.14 bits per heavy atom. The zero-order valence-corrected chi connectivity index (χ0v) is 7.83. The first-order valence-electron chi connectivity index (χ1n) is 4.47. The van der Waals surface area contributed by atoms with Crippen LogP contribution in [0, 0.1) is 5.82 Å². The molecule has 0 radical (unpaired) electrons.